The normalized spacial score (nSPS) is 13.4. The van der Waals surface area contributed by atoms with Gasteiger partial charge in [0, 0.05) is 0 Å². The lowest BCUT2D eigenvalue weighted by Crippen LogP contribution is -2.08. The van der Waals surface area contributed by atoms with Crippen molar-refractivity contribution in [1.82, 2.24) is 0 Å². The maximum Gasteiger partial charge on any atom is 0.134 e. The molecule has 1 atom stereocenters. The minimum atomic E-state index is 0.0318. The van der Waals surface area contributed by atoms with Gasteiger partial charge in [-0.2, -0.15) is 0 Å². The third-order valence-electron chi connectivity index (χ3n) is 1.58. The van der Waals surface area contributed by atoms with Crippen LogP contribution in [0.1, 0.15) is 31.6 Å². The molecule has 1 unspecified atom stereocenters. The van der Waals surface area contributed by atoms with Gasteiger partial charge < -0.3 is 10.2 Å². The molecule has 62 valence electrons. The Morgan fingerprint density at radius 1 is 1.73 bits per heavy atom. The van der Waals surface area contributed by atoms with Crippen molar-refractivity contribution in [3.05, 3.63) is 22.6 Å². The van der Waals surface area contributed by atoms with E-state index in [4.69, 9.17) is 10.2 Å². The first-order valence-corrected chi connectivity index (χ1v) is 4.53. The van der Waals surface area contributed by atoms with E-state index in [1.54, 1.807) is 6.26 Å². The van der Waals surface area contributed by atoms with Gasteiger partial charge in [-0.25, -0.2) is 0 Å². The van der Waals surface area contributed by atoms with Crippen molar-refractivity contribution in [2.75, 3.05) is 0 Å². The average Bonchev–Trinajstić information content (AvgIpc) is 2.36. The SMILES string of the molecule is CCCC(N)c1occc1Br. The number of furan rings is 1. The third kappa shape index (κ3) is 2.07. The predicted molar refractivity (Wildman–Crippen MR) is 48.2 cm³/mol. The Hall–Kier alpha value is -0.280. The molecule has 0 aliphatic heterocycles. The van der Waals surface area contributed by atoms with Crippen molar-refractivity contribution in [2.24, 2.45) is 5.73 Å². The van der Waals surface area contributed by atoms with Crippen LogP contribution in [0.3, 0.4) is 0 Å². The molecule has 0 fully saturated rings. The van der Waals surface area contributed by atoms with Gasteiger partial charge in [-0.3, -0.25) is 0 Å². The highest BCUT2D eigenvalue weighted by Crippen LogP contribution is 2.25. The second kappa shape index (κ2) is 3.93. The highest BCUT2D eigenvalue weighted by molar-refractivity contribution is 9.10. The predicted octanol–water partition coefficient (Wildman–Crippen LogP) is 2.84. The number of halogens is 1. The van der Waals surface area contributed by atoms with E-state index >= 15 is 0 Å². The zero-order chi connectivity index (χ0) is 8.27. The lowest BCUT2D eigenvalue weighted by atomic mass is 10.1. The summed E-state index contributed by atoms with van der Waals surface area (Å²) in [6.45, 7) is 2.11. The Balaban J connectivity index is 2.67. The highest BCUT2D eigenvalue weighted by Gasteiger charge is 2.11. The van der Waals surface area contributed by atoms with E-state index in [0.29, 0.717) is 0 Å². The van der Waals surface area contributed by atoms with Crippen LogP contribution < -0.4 is 5.73 Å². The molecule has 0 bridgehead atoms. The molecule has 11 heavy (non-hydrogen) atoms. The summed E-state index contributed by atoms with van der Waals surface area (Å²) >= 11 is 3.36. The largest absolute Gasteiger partial charge is 0.466 e. The summed E-state index contributed by atoms with van der Waals surface area (Å²) in [6, 6.07) is 1.90. The van der Waals surface area contributed by atoms with Crippen molar-refractivity contribution in [3.63, 3.8) is 0 Å². The molecule has 0 saturated heterocycles. The fourth-order valence-electron chi connectivity index (χ4n) is 1.01. The molecule has 1 aromatic heterocycles. The van der Waals surface area contributed by atoms with Crippen LogP contribution in [-0.4, -0.2) is 0 Å². The molecule has 0 aliphatic rings. The van der Waals surface area contributed by atoms with Crippen LogP contribution in [0.5, 0.6) is 0 Å². The quantitative estimate of drug-likeness (QED) is 0.847. The van der Waals surface area contributed by atoms with Gasteiger partial charge in [-0.1, -0.05) is 13.3 Å². The number of hydrogen-bond donors (Lipinski definition) is 1. The van der Waals surface area contributed by atoms with Gasteiger partial charge in [-0.05, 0) is 28.4 Å². The molecule has 1 rings (SSSR count). The minimum Gasteiger partial charge on any atom is -0.466 e. The van der Waals surface area contributed by atoms with Crippen LogP contribution in [0.15, 0.2) is 21.2 Å². The van der Waals surface area contributed by atoms with E-state index in [1.807, 2.05) is 6.07 Å². The smallest absolute Gasteiger partial charge is 0.134 e. The van der Waals surface area contributed by atoms with Crippen molar-refractivity contribution in [3.8, 4) is 0 Å². The van der Waals surface area contributed by atoms with Crippen LogP contribution in [0, 0.1) is 0 Å². The van der Waals surface area contributed by atoms with Crippen molar-refractivity contribution < 1.29 is 4.42 Å². The van der Waals surface area contributed by atoms with Crippen molar-refractivity contribution in [1.29, 1.82) is 0 Å². The molecular formula is C8H12BrNO. The fraction of sp³-hybridized carbons (Fsp3) is 0.500. The second-order valence-electron chi connectivity index (χ2n) is 2.53. The van der Waals surface area contributed by atoms with E-state index < -0.39 is 0 Å². The van der Waals surface area contributed by atoms with E-state index in [9.17, 15) is 0 Å². The number of rotatable bonds is 3. The molecule has 0 saturated carbocycles. The summed E-state index contributed by atoms with van der Waals surface area (Å²) in [5.41, 5.74) is 5.83. The Labute approximate surface area is 74.9 Å². The Kier molecular flexibility index (Phi) is 3.15. The van der Waals surface area contributed by atoms with Crippen molar-refractivity contribution in [2.45, 2.75) is 25.8 Å². The molecule has 1 aromatic rings. The summed E-state index contributed by atoms with van der Waals surface area (Å²) in [4.78, 5) is 0. The van der Waals surface area contributed by atoms with E-state index in [1.165, 1.54) is 0 Å². The summed E-state index contributed by atoms with van der Waals surface area (Å²) in [5, 5.41) is 0. The maximum atomic E-state index is 5.83. The first kappa shape index (κ1) is 8.81. The van der Waals surface area contributed by atoms with Crippen molar-refractivity contribution >= 4 is 15.9 Å². The molecule has 2 nitrogen and oxygen atoms in total. The molecule has 2 N–H and O–H groups in total. The van der Waals surface area contributed by atoms with E-state index in [-0.39, 0.29) is 6.04 Å². The summed E-state index contributed by atoms with van der Waals surface area (Å²) in [7, 11) is 0. The lowest BCUT2D eigenvalue weighted by Gasteiger charge is -2.06. The zero-order valence-corrected chi connectivity index (χ0v) is 8.10. The van der Waals surface area contributed by atoms with Crippen LogP contribution >= 0.6 is 15.9 Å². The number of nitrogens with two attached hydrogens (primary N) is 1. The Morgan fingerprint density at radius 2 is 2.45 bits per heavy atom. The van der Waals surface area contributed by atoms with Crippen LogP contribution in [0.2, 0.25) is 0 Å². The topological polar surface area (TPSA) is 39.2 Å². The third-order valence-corrected chi connectivity index (χ3v) is 2.24. The first-order valence-electron chi connectivity index (χ1n) is 3.74. The first-order chi connectivity index (χ1) is 5.25. The van der Waals surface area contributed by atoms with Gasteiger partial charge in [0.2, 0.25) is 0 Å². The molecule has 0 radical (unpaired) electrons. The zero-order valence-electron chi connectivity index (χ0n) is 6.51. The molecule has 0 amide bonds. The highest BCUT2D eigenvalue weighted by atomic mass is 79.9. The fourth-order valence-corrected chi connectivity index (χ4v) is 1.51. The van der Waals surface area contributed by atoms with Gasteiger partial charge in [-0.15, -0.1) is 0 Å². The van der Waals surface area contributed by atoms with Gasteiger partial charge >= 0.3 is 0 Å². The van der Waals surface area contributed by atoms with E-state index in [0.717, 1.165) is 23.1 Å². The Bertz CT molecular complexity index is 222. The van der Waals surface area contributed by atoms with E-state index in [2.05, 4.69) is 22.9 Å². The number of hydrogen-bond acceptors (Lipinski definition) is 2. The minimum absolute atomic E-state index is 0.0318. The lowest BCUT2D eigenvalue weighted by molar-refractivity contribution is 0.447. The summed E-state index contributed by atoms with van der Waals surface area (Å²) in [5.74, 6) is 0.854. The standard InChI is InChI=1S/C8H12BrNO/c1-2-3-7(10)8-6(9)4-5-11-8/h4-5,7H,2-3,10H2,1H3. The molecule has 1 heterocycles. The van der Waals surface area contributed by atoms with Gasteiger partial charge in [0.15, 0.2) is 0 Å². The summed E-state index contributed by atoms with van der Waals surface area (Å²) in [6.07, 6.45) is 3.69. The van der Waals surface area contributed by atoms with Crippen LogP contribution in [-0.2, 0) is 0 Å². The monoisotopic (exact) mass is 217 g/mol. The second-order valence-corrected chi connectivity index (χ2v) is 3.38. The van der Waals surface area contributed by atoms with Gasteiger partial charge in [0.25, 0.3) is 0 Å². The van der Waals surface area contributed by atoms with Crippen LogP contribution in [0.25, 0.3) is 0 Å². The summed E-state index contributed by atoms with van der Waals surface area (Å²) < 4.78 is 6.18. The molecule has 0 aliphatic carbocycles. The van der Waals surface area contributed by atoms with Crippen LogP contribution in [0.4, 0.5) is 0 Å². The maximum absolute atomic E-state index is 5.83. The molecule has 3 heteroatoms. The van der Waals surface area contributed by atoms with Gasteiger partial charge in [0.05, 0.1) is 16.8 Å². The average molecular weight is 218 g/mol. The molecular weight excluding hydrogens is 206 g/mol. The Morgan fingerprint density at radius 3 is 2.91 bits per heavy atom. The van der Waals surface area contributed by atoms with Gasteiger partial charge in [0.1, 0.15) is 5.76 Å². The molecule has 0 aromatic carbocycles. The molecule has 0 spiro atoms.